The van der Waals surface area contributed by atoms with E-state index in [-0.39, 0.29) is 30.2 Å². The van der Waals surface area contributed by atoms with Crippen LogP contribution in [0.3, 0.4) is 0 Å². The molecule has 0 aromatic rings. The number of imide groups is 1. The Hall–Kier alpha value is -1.43. The number of amides is 2. The standard InChI is InChI=1S/C14H22N2O4/c1-2-20-14(19)11-5-3-7-15(9-11)10-13(18)16-8-4-6-12(16)17/h11H,2-10H2,1H3/t11-/m0/s1. The lowest BCUT2D eigenvalue weighted by atomic mass is 9.98. The van der Waals surface area contributed by atoms with E-state index < -0.39 is 0 Å². The van der Waals surface area contributed by atoms with E-state index in [2.05, 4.69) is 0 Å². The number of hydrogen-bond acceptors (Lipinski definition) is 5. The average molecular weight is 282 g/mol. The van der Waals surface area contributed by atoms with Crippen LogP contribution in [0.15, 0.2) is 0 Å². The van der Waals surface area contributed by atoms with Gasteiger partial charge in [-0.2, -0.15) is 0 Å². The molecule has 0 bridgehead atoms. The molecular formula is C14H22N2O4. The number of nitrogens with zero attached hydrogens (tertiary/aromatic N) is 2. The van der Waals surface area contributed by atoms with Gasteiger partial charge in [0.2, 0.25) is 11.8 Å². The molecule has 2 amide bonds. The summed E-state index contributed by atoms with van der Waals surface area (Å²) >= 11 is 0. The van der Waals surface area contributed by atoms with Gasteiger partial charge in [0.25, 0.3) is 0 Å². The molecule has 2 saturated heterocycles. The Bertz CT molecular complexity index is 397. The summed E-state index contributed by atoms with van der Waals surface area (Å²) in [6.45, 7) is 4.28. The van der Waals surface area contributed by atoms with Crippen LogP contribution in [0, 0.1) is 5.92 Å². The third kappa shape index (κ3) is 3.56. The van der Waals surface area contributed by atoms with Crippen molar-refractivity contribution in [1.82, 2.24) is 9.80 Å². The summed E-state index contributed by atoms with van der Waals surface area (Å²) in [6.07, 6.45) is 2.92. The first-order valence-corrected chi connectivity index (χ1v) is 7.34. The summed E-state index contributed by atoms with van der Waals surface area (Å²) in [6, 6.07) is 0. The van der Waals surface area contributed by atoms with E-state index in [1.807, 2.05) is 4.90 Å². The van der Waals surface area contributed by atoms with Crippen LogP contribution in [0.1, 0.15) is 32.6 Å². The van der Waals surface area contributed by atoms with Crippen molar-refractivity contribution in [3.8, 4) is 0 Å². The van der Waals surface area contributed by atoms with E-state index in [0.29, 0.717) is 26.1 Å². The van der Waals surface area contributed by atoms with Crippen molar-refractivity contribution in [2.24, 2.45) is 5.92 Å². The fraction of sp³-hybridized carbons (Fsp3) is 0.786. The van der Waals surface area contributed by atoms with E-state index in [0.717, 1.165) is 25.8 Å². The van der Waals surface area contributed by atoms with E-state index >= 15 is 0 Å². The van der Waals surface area contributed by atoms with E-state index in [4.69, 9.17) is 4.74 Å². The van der Waals surface area contributed by atoms with Crippen LogP contribution in [-0.4, -0.2) is 60.4 Å². The first kappa shape index (κ1) is 15.0. The first-order chi connectivity index (χ1) is 9.61. The van der Waals surface area contributed by atoms with Crippen molar-refractivity contribution in [2.45, 2.75) is 32.6 Å². The molecular weight excluding hydrogens is 260 g/mol. The zero-order valence-corrected chi connectivity index (χ0v) is 12.0. The predicted molar refractivity (Wildman–Crippen MR) is 71.8 cm³/mol. The van der Waals surface area contributed by atoms with Crippen LogP contribution in [0.2, 0.25) is 0 Å². The van der Waals surface area contributed by atoms with Gasteiger partial charge in [0.05, 0.1) is 19.1 Å². The molecule has 0 unspecified atom stereocenters. The Kier molecular flexibility index (Phi) is 5.11. The molecule has 0 spiro atoms. The summed E-state index contributed by atoms with van der Waals surface area (Å²) in [7, 11) is 0. The monoisotopic (exact) mass is 282 g/mol. The zero-order chi connectivity index (χ0) is 14.5. The van der Waals surface area contributed by atoms with Crippen LogP contribution in [0.25, 0.3) is 0 Å². The van der Waals surface area contributed by atoms with Gasteiger partial charge in [0.15, 0.2) is 0 Å². The second-order valence-corrected chi connectivity index (χ2v) is 5.37. The molecule has 6 nitrogen and oxygen atoms in total. The largest absolute Gasteiger partial charge is 0.466 e. The van der Waals surface area contributed by atoms with E-state index in [1.165, 1.54) is 4.90 Å². The molecule has 6 heteroatoms. The lowest BCUT2D eigenvalue weighted by Gasteiger charge is -2.31. The van der Waals surface area contributed by atoms with Crippen LogP contribution in [0.5, 0.6) is 0 Å². The summed E-state index contributed by atoms with van der Waals surface area (Å²) in [5, 5.41) is 0. The van der Waals surface area contributed by atoms with Crippen LogP contribution < -0.4 is 0 Å². The molecule has 112 valence electrons. The zero-order valence-electron chi connectivity index (χ0n) is 12.0. The van der Waals surface area contributed by atoms with Gasteiger partial charge in [0.1, 0.15) is 0 Å². The van der Waals surface area contributed by atoms with Crippen LogP contribution in [0.4, 0.5) is 0 Å². The molecule has 2 aliphatic heterocycles. The SMILES string of the molecule is CCOC(=O)[C@H]1CCCN(CC(=O)N2CCCC2=O)C1. The van der Waals surface area contributed by atoms with Crippen molar-refractivity contribution < 1.29 is 19.1 Å². The van der Waals surface area contributed by atoms with Crippen LogP contribution in [-0.2, 0) is 19.1 Å². The lowest BCUT2D eigenvalue weighted by molar-refractivity contribution is -0.151. The highest BCUT2D eigenvalue weighted by molar-refractivity contribution is 5.97. The van der Waals surface area contributed by atoms with Gasteiger partial charge in [-0.3, -0.25) is 24.2 Å². The smallest absolute Gasteiger partial charge is 0.310 e. The van der Waals surface area contributed by atoms with Crippen LogP contribution >= 0.6 is 0 Å². The Balaban J connectivity index is 1.84. The topological polar surface area (TPSA) is 66.9 Å². The maximum atomic E-state index is 12.1. The molecule has 0 radical (unpaired) electrons. The van der Waals surface area contributed by atoms with Crippen molar-refractivity contribution in [2.75, 3.05) is 32.8 Å². The quantitative estimate of drug-likeness (QED) is 0.699. The van der Waals surface area contributed by atoms with Gasteiger partial charge in [-0.05, 0) is 32.7 Å². The molecule has 2 aliphatic rings. The maximum Gasteiger partial charge on any atom is 0.310 e. The summed E-state index contributed by atoms with van der Waals surface area (Å²) in [4.78, 5) is 38.6. The van der Waals surface area contributed by atoms with Crippen molar-refractivity contribution >= 4 is 17.8 Å². The molecule has 1 atom stereocenters. The van der Waals surface area contributed by atoms with Gasteiger partial charge >= 0.3 is 5.97 Å². The minimum absolute atomic E-state index is 0.0750. The third-order valence-electron chi connectivity index (χ3n) is 3.86. The van der Waals surface area contributed by atoms with Gasteiger partial charge in [-0.15, -0.1) is 0 Å². The van der Waals surface area contributed by atoms with Crippen molar-refractivity contribution in [3.63, 3.8) is 0 Å². The molecule has 2 fully saturated rings. The second kappa shape index (κ2) is 6.83. The number of rotatable bonds is 4. The lowest BCUT2D eigenvalue weighted by Crippen LogP contribution is -2.46. The Morgan fingerprint density at radius 3 is 2.75 bits per heavy atom. The van der Waals surface area contributed by atoms with E-state index in [9.17, 15) is 14.4 Å². The van der Waals surface area contributed by atoms with Gasteiger partial charge in [0, 0.05) is 19.5 Å². The summed E-state index contributed by atoms with van der Waals surface area (Å²) in [5.74, 6) is -0.543. The number of piperidine rings is 1. The van der Waals surface area contributed by atoms with E-state index in [1.54, 1.807) is 6.92 Å². The minimum atomic E-state index is -0.179. The van der Waals surface area contributed by atoms with Gasteiger partial charge < -0.3 is 4.74 Å². The number of hydrogen-bond donors (Lipinski definition) is 0. The number of esters is 1. The van der Waals surface area contributed by atoms with Crippen molar-refractivity contribution in [3.05, 3.63) is 0 Å². The normalized spacial score (nSPS) is 23.9. The second-order valence-electron chi connectivity index (χ2n) is 5.37. The first-order valence-electron chi connectivity index (χ1n) is 7.34. The molecule has 2 rings (SSSR count). The highest BCUT2D eigenvalue weighted by Crippen LogP contribution is 2.18. The number of ether oxygens (including phenoxy) is 1. The molecule has 20 heavy (non-hydrogen) atoms. The third-order valence-corrected chi connectivity index (χ3v) is 3.86. The number of likely N-dealkylation sites (tertiary alicyclic amines) is 2. The Morgan fingerprint density at radius 2 is 2.10 bits per heavy atom. The highest BCUT2D eigenvalue weighted by Gasteiger charge is 2.31. The fourth-order valence-electron chi connectivity index (χ4n) is 2.84. The Labute approximate surface area is 119 Å². The molecule has 2 heterocycles. The van der Waals surface area contributed by atoms with Gasteiger partial charge in [-0.1, -0.05) is 0 Å². The summed E-state index contributed by atoms with van der Waals surface area (Å²) in [5.41, 5.74) is 0. The molecule has 0 saturated carbocycles. The summed E-state index contributed by atoms with van der Waals surface area (Å²) < 4.78 is 5.04. The Morgan fingerprint density at radius 1 is 1.30 bits per heavy atom. The highest BCUT2D eigenvalue weighted by atomic mass is 16.5. The maximum absolute atomic E-state index is 12.1. The number of carbonyl (C=O) groups is 3. The minimum Gasteiger partial charge on any atom is -0.466 e. The molecule has 0 aliphatic carbocycles. The van der Waals surface area contributed by atoms with Gasteiger partial charge in [-0.25, -0.2) is 0 Å². The average Bonchev–Trinajstić information content (AvgIpc) is 2.85. The molecule has 0 aromatic carbocycles. The molecule has 0 N–H and O–H groups in total. The fourth-order valence-corrected chi connectivity index (χ4v) is 2.84. The predicted octanol–water partition coefficient (Wildman–Crippen LogP) is 0.410. The van der Waals surface area contributed by atoms with Crippen molar-refractivity contribution in [1.29, 1.82) is 0 Å². The molecule has 0 aromatic heterocycles. The number of carbonyl (C=O) groups excluding carboxylic acids is 3.